The molecule has 19 heavy (non-hydrogen) atoms. The van der Waals surface area contributed by atoms with Crippen molar-refractivity contribution < 1.29 is 9.53 Å². The highest BCUT2D eigenvalue weighted by Gasteiger charge is 2.37. The van der Waals surface area contributed by atoms with E-state index in [1.807, 2.05) is 25.7 Å². The van der Waals surface area contributed by atoms with Crippen LogP contribution in [-0.2, 0) is 4.74 Å². The van der Waals surface area contributed by atoms with Gasteiger partial charge in [0.2, 0.25) is 0 Å². The van der Waals surface area contributed by atoms with Gasteiger partial charge in [0.1, 0.15) is 5.60 Å². The lowest BCUT2D eigenvalue weighted by Crippen LogP contribution is -2.53. The number of carbonyl (C=O) groups excluding carboxylic acids is 1. The molecule has 0 saturated carbocycles. The topological polar surface area (TPSA) is 32.8 Å². The fraction of sp³-hybridized carbons (Fsp3) is 0.933. The van der Waals surface area contributed by atoms with Crippen LogP contribution in [0, 0.1) is 5.92 Å². The first-order valence-corrected chi connectivity index (χ1v) is 7.19. The number of hydrogen-bond acceptors (Lipinski definition) is 3. The van der Waals surface area contributed by atoms with Crippen LogP contribution in [-0.4, -0.2) is 54.2 Å². The summed E-state index contributed by atoms with van der Waals surface area (Å²) in [5.41, 5.74) is -0.318. The van der Waals surface area contributed by atoms with Crippen molar-refractivity contribution >= 4 is 6.09 Å². The molecule has 1 fully saturated rings. The van der Waals surface area contributed by atoms with E-state index >= 15 is 0 Å². The maximum Gasteiger partial charge on any atom is 0.410 e. The molecule has 1 rings (SSSR count). The third kappa shape index (κ3) is 4.37. The lowest BCUT2D eigenvalue weighted by molar-refractivity contribution is 0.00184. The fourth-order valence-electron chi connectivity index (χ4n) is 2.41. The fourth-order valence-corrected chi connectivity index (χ4v) is 2.41. The first-order valence-electron chi connectivity index (χ1n) is 7.19. The summed E-state index contributed by atoms with van der Waals surface area (Å²) in [6.45, 7) is 11.8. The molecular formula is C15H30N2O2. The number of carbonyl (C=O) groups is 1. The second-order valence-corrected chi connectivity index (χ2v) is 7.31. The number of ether oxygens (including phenoxy) is 1. The summed E-state index contributed by atoms with van der Waals surface area (Å²) in [5.74, 6) is 0.490. The average Bonchev–Trinajstić information content (AvgIpc) is 2.26. The minimum Gasteiger partial charge on any atom is -0.444 e. The van der Waals surface area contributed by atoms with Crippen LogP contribution in [0.2, 0.25) is 0 Å². The quantitative estimate of drug-likeness (QED) is 0.773. The van der Waals surface area contributed by atoms with Gasteiger partial charge in [-0.25, -0.2) is 4.79 Å². The van der Waals surface area contributed by atoms with Gasteiger partial charge < -0.3 is 14.5 Å². The Balaban J connectivity index is 2.67. The van der Waals surface area contributed by atoms with Gasteiger partial charge >= 0.3 is 6.09 Å². The van der Waals surface area contributed by atoms with Crippen molar-refractivity contribution in [1.82, 2.24) is 9.80 Å². The van der Waals surface area contributed by atoms with Crippen LogP contribution in [0.1, 0.15) is 47.5 Å². The van der Waals surface area contributed by atoms with Crippen LogP contribution >= 0.6 is 0 Å². The van der Waals surface area contributed by atoms with Gasteiger partial charge in [-0.1, -0.05) is 0 Å². The molecule has 1 aliphatic rings. The van der Waals surface area contributed by atoms with E-state index in [-0.39, 0.29) is 11.6 Å². The van der Waals surface area contributed by atoms with Crippen molar-refractivity contribution in [2.45, 2.75) is 58.6 Å². The van der Waals surface area contributed by atoms with Crippen LogP contribution in [0.3, 0.4) is 0 Å². The number of likely N-dealkylation sites (tertiary alicyclic amines) is 1. The van der Waals surface area contributed by atoms with Crippen molar-refractivity contribution in [2.75, 3.05) is 27.2 Å². The third-order valence-electron chi connectivity index (χ3n) is 4.22. The molecule has 0 N–H and O–H groups in total. The monoisotopic (exact) mass is 270 g/mol. The highest BCUT2D eigenvalue weighted by molar-refractivity contribution is 5.68. The zero-order valence-electron chi connectivity index (χ0n) is 13.6. The SMILES string of the molecule is CN(C)C(C)(C)C1CCCN(C(=O)OC(C)(C)C)C1. The molecule has 0 radical (unpaired) electrons. The Bertz CT molecular complexity index is 319. The molecule has 112 valence electrons. The van der Waals surface area contributed by atoms with Gasteiger partial charge in [-0.2, -0.15) is 0 Å². The standard InChI is InChI=1S/C15H30N2O2/c1-14(2,3)19-13(18)17-10-8-9-12(11-17)15(4,5)16(6)7/h12H,8-11H2,1-7H3. The van der Waals surface area contributed by atoms with Crippen LogP contribution in [0.15, 0.2) is 0 Å². The van der Waals surface area contributed by atoms with Gasteiger partial charge in [-0.3, -0.25) is 0 Å². The van der Waals surface area contributed by atoms with Crippen LogP contribution < -0.4 is 0 Å². The zero-order valence-corrected chi connectivity index (χ0v) is 13.6. The molecule has 0 spiro atoms. The van der Waals surface area contributed by atoms with Crippen LogP contribution in [0.4, 0.5) is 4.79 Å². The molecule has 0 aromatic heterocycles. The Labute approximate surface area is 118 Å². The summed E-state index contributed by atoms with van der Waals surface area (Å²) < 4.78 is 5.47. The van der Waals surface area contributed by atoms with E-state index in [9.17, 15) is 4.79 Å². The molecule has 1 unspecified atom stereocenters. The highest BCUT2D eigenvalue weighted by Crippen LogP contribution is 2.30. The maximum absolute atomic E-state index is 12.1. The molecule has 1 saturated heterocycles. The predicted octanol–water partition coefficient (Wildman–Crippen LogP) is 2.97. The second kappa shape index (κ2) is 5.70. The zero-order chi connectivity index (χ0) is 14.8. The summed E-state index contributed by atoms with van der Waals surface area (Å²) in [5, 5.41) is 0. The van der Waals surface area contributed by atoms with Crippen LogP contribution in [0.25, 0.3) is 0 Å². The summed E-state index contributed by atoms with van der Waals surface area (Å²) in [6, 6.07) is 0. The van der Waals surface area contributed by atoms with Gasteiger partial charge in [-0.15, -0.1) is 0 Å². The first kappa shape index (κ1) is 16.3. The molecule has 0 aliphatic carbocycles. The number of hydrogen-bond donors (Lipinski definition) is 0. The Morgan fingerprint density at radius 1 is 1.21 bits per heavy atom. The van der Waals surface area contributed by atoms with Gasteiger partial charge in [-0.05, 0) is 67.5 Å². The average molecular weight is 270 g/mol. The number of nitrogens with zero attached hydrogens (tertiary/aromatic N) is 2. The van der Waals surface area contributed by atoms with E-state index in [1.54, 1.807) is 0 Å². The first-order chi connectivity index (χ1) is 8.54. The molecule has 4 heteroatoms. The summed E-state index contributed by atoms with van der Waals surface area (Å²) in [6.07, 6.45) is 2.05. The van der Waals surface area contributed by atoms with Crippen molar-refractivity contribution in [3.8, 4) is 0 Å². The summed E-state index contributed by atoms with van der Waals surface area (Å²) >= 11 is 0. The molecular weight excluding hydrogens is 240 g/mol. The minimum absolute atomic E-state index is 0.0979. The molecule has 1 heterocycles. The van der Waals surface area contributed by atoms with Gasteiger partial charge in [0, 0.05) is 18.6 Å². The van der Waals surface area contributed by atoms with E-state index in [0.717, 1.165) is 19.5 Å². The van der Waals surface area contributed by atoms with Crippen LogP contribution in [0.5, 0.6) is 0 Å². The Hall–Kier alpha value is -0.770. The van der Waals surface area contributed by atoms with Crippen molar-refractivity contribution in [1.29, 1.82) is 0 Å². The van der Waals surface area contributed by atoms with E-state index < -0.39 is 5.60 Å². The van der Waals surface area contributed by atoms with E-state index in [2.05, 4.69) is 32.8 Å². The van der Waals surface area contributed by atoms with E-state index in [4.69, 9.17) is 4.74 Å². The molecule has 0 aromatic rings. The number of rotatable bonds is 2. The lowest BCUT2D eigenvalue weighted by atomic mass is 9.80. The van der Waals surface area contributed by atoms with Gasteiger partial charge in [0.05, 0.1) is 0 Å². The predicted molar refractivity (Wildman–Crippen MR) is 78.3 cm³/mol. The Kier molecular flexibility index (Phi) is 4.88. The van der Waals surface area contributed by atoms with E-state index in [1.165, 1.54) is 6.42 Å². The summed E-state index contributed by atoms with van der Waals surface area (Å²) in [4.78, 5) is 16.3. The number of piperidine rings is 1. The lowest BCUT2D eigenvalue weighted by Gasteiger charge is -2.45. The number of amides is 1. The molecule has 1 aliphatic heterocycles. The second-order valence-electron chi connectivity index (χ2n) is 7.31. The summed E-state index contributed by atoms with van der Waals surface area (Å²) in [7, 11) is 4.21. The van der Waals surface area contributed by atoms with Crippen molar-refractivity contribution in [2.24, 2.45) is 5.92 Å². The Morgan fingerprint density at radius 3 is 2.26 bits per heavy atom. The minimum atomic E-state index is -0.416. The van der Waals surface area contributed by atoms with Gasteiger partial charge in [0.25, 0.3) is 0 Å². The molecule has 0 aromatic carbocycles. The molecule has 0 bridgehead atoms. The molecule has 1 amide bonds. The van der Waals surface area contributed by atoms with Gasteiger partial charge in [0.15, 0.2) is 0 Å². The van der Waals surface area contributed by atoms with E-state index in [0.29, 0.717) is 5.92 Å². The Morgan fingerprint density at radius 2 is 1.79 bits per heavy atom. The van der Waals surface area contributed by atoms with Crippen molar-refractivity contribution in [3.05, 3.63) is 0 Å². The third-order valence-corrected chi connectivity index (χ3v) is 4.22. The normalized spacial score (nSPS) is 21.7. The largest absolute Gasteiger partial charge is 0.444 e. The highest BCUT2D eigenvalue weighted by atomic mass is 16.6. The molecule has 1 atom stereocenters. The smallest absolute Gasteiger partial charge is 0.410 e. The van der Waals surface area contributed by atoms with Crippen molar-refractivity contribution in [3.63, 3.8) is 0 Å². The molecule has 4 nitrogen and oxygen atoms in total. The maximum atomic E-state index is 12.1.